The second-order valence-electron chi connectivity index (χ2n) is 5.26. The Kier molecular flexibility index (Phi) is 4.82. The number of hydrogen-bond donors (Lipinski definition) is 2. The summed E-state index contributed by atoms with van der Waals surface area (Å²) in [4.78, 5) is 34.3. The van der Waals surface area contributed by atoms with Crippen LogP contribution in [0.5, 0.6) is 0 Å². The van der Waals surface area contributed by atoms with Gasteiger partial charge in [0, 0.05) is 30.9 Å². The summed E-state index contributed by atoms with van der Waals surface area (Å²) in [6.07, 6.45) is 4.99. The second-order valence-corrected chi connectivity index (χ2v) is 6.20. The highest BCUT2D eigenvalue weighted by Crippen LogP contribution is 2.25. The first-order chi connectivity index (χ1) is 11.2. The van der Waals surface area contributed by atoms with Gasteiger partial charge < -0.3 is 4.90 Å². The van der Waals surface area contributed by atoms with Crippen LogP contribution in [0.3, 0.4) is 0 Å². The lowest BCUT2D eigenvalue weighted by molar-refractivity contribution is 0.0931. The summed E-state index contributed by atoms with van der Waals surface area (Å²) >= 11 is 1.33. The number of carbonyl (C=O) groups excluding carboxylic acids is 2. The van der Waals surface area contributed by atoms with Crippen molar-refractivity contribution < 1.29 is 9.59 Å². The van der Waals surface area contributed by atoms with Gasteiger partial charge in [0.2, 0.25) is 0 Å². The van der Waals surface area contributed by atoms with Crippen molar-refractivity contribution in [2.75, 3.05) is 13.1 Å². The van der Waals surface area contributed by atoms with E-state index in [4.69, 9.17) is 0 Å². The molecule has 0 aromatic carbocycles. The van der Waals surface area contributed by atoms with E-state index in [0.717, 1.165) is 18.5 Å². The fourth-order valence-corrected chi connectivity index (χ4v) is 3.20. The van der Waals surface area contributed by atoms with Crippen LogP contribution in [0.25, 0.3) is 0 Å². The fraction of sp³-hybridized carbons (Fsp3) is 0.333. The zero-order chi connectivity index (χ0) is 16.1. The maximum atomic E-state index is 12.1. The van der Waals surface area contributed by atoms with Gasteiger partial charge in [-0.05, 0) is 30.4 Å². The average molecular weight is 331 g/mol. The van der Waals surface area contributed by atoms with Crippen molar-refractivity contribution in [2.45, 2.75) is 18.8 Å². The third-order valence-electron chi connectivity index (χ3n) is 3.83. The topological polar surface area (TPSA) is 87.2 Å². The Bertz CT molecular complexity index is 654. The van der Waals surface area contributed by atoms with E-state index in [2.05, 4.69) is 20.8 Å². The molecule has 3 rings (SSSR count). The number of thiophene rings is 1. The van der Waals surface area contributed by atoms with Gasteiger partial charge >= 0.3 is 6.03 Å². The monoisotopic (exact) mass is 331 g/mol. The molecule has 2 aromatic heterocycles. The molecule has 3 amide bonds. The lowest BCUT2D eigenvalue weighted by Gasteiger charge is -2.31. The van der Waals surface area contributed by atoms with Gasteiger partial charge in [0.15, 0.2) is 0 Å². The molecule has 2 N–H and O–H groups in total. The summed E-state index contributed by atoms with van der Waals surface area (Å²) in [7, 11) is 0. The van der Waals surface area contributed by atoms with E-state index in [0.29, 0.717) is 23.9 Å². The molecule has 1 fully saturated rings. The van der Waals surface area contributed by atoms with Crippen LogP contribution >= 0.6 is 11.3 Å². The van der Waals surface area contributed by atoms with E-state index < -0.39 is 0 Å². The SMILES string of the molecule is O=C(NNC(=O)N1CCC(c2ccncn2)CC1)c1cccs1. The molecular weight excluding hydrogens is 314 g/mol. The van der Waals surface area contributed by atoms with Crippen molar-refractivity contribution in [1.29, 1.82) is 0 Å². The normalized spacial score (nSPS) is 15.2. The molecule has 0 bridgehead atoms. The molecule has 8 heteroatoms. The molecule has 2 aromatic rings. The predicted octanol–water partition coefficient (Wildman–Crippen LogP) is 1.77. The van der Waals surface area contributed by atoms with Crippen LogP contribution in [-0.4, -0.2) is 39.9 Å². The maximum Gasteiger partial charge on any atom is 0.336 e. The number of likely N-dealkylation sites (tertiary alicyclic amines) is 1. The third-order valence-corrected chi connectivity index (χ3v) is 4.70. The minimum atomic E-state index is -0.302. The lowest BCUT2D eigenvalue weighted by Crippen LogP contribution is -2.50. The molecule has 0 unspecified atom stereocenters. The summed E-state index contributed by atoms with van der Waals surface area (Å²) < 4.78 is 0. The number of urea groups is 1. The number of hydrogen-bond acceptors (Lipinski definition) is 5. The number of rotatable bonds is 2. The van der Waals surface area contributed by atoms with E-state index in [9.17, 15) is 9.59 Å². The number of hydrazine groups is 1. The van der Waals surface area contributed by atoms with Crippen molar-refractivity contribution in [1.82, 2.24) is 25.7 Å². The first-order valence-electron chi connectivity index (χ1n) is 7.38. The molecule has 0 saturated carbocycles. The van der Waals surface area contributed by atoms with Crippen LogP contribution in [0.15, 0.2) is 36.1 Å². The Hall–Kier alpha value is -2.48. The van der Waals surface area contributed by atoms with Gasteiger partial charge in [-0.25, -0.2) is 20.2 Å². The number of nitrogens with one attached hydrogen (secondary N) is 2. The molecular formula is C15H17N5O2S. The number of carbonyl (C=O) groups is 2. The van der Waals surface area contributed by atoms with E-state index in [1.54, 1.807) is 29.6 Å². The van der Waals surface area contributed by atoms with Crippen LogP contribution < -0.4 is 10.9 Å². The molecule has 0 atom stereocenters. The van der Waals surface area contributed by atoms with Crippen molar-refractivity contribution in [3.05, 3.63) is 46.7 Å². The van der Waals surface area contributed by atoms with Crippen molar-refractivity contribution in [3.8, 4) is 0 Å². The minimum Gasteiger partial charge on any atom is -0.323 e. The molecule has 120 valence electrons. The number of amides is 3. The first kappa shape index (κ1) is 15.4. The van der Waals surface area contributed by atoms with Crippen molar-refractivity contribution in [2.24, 2.45) is 0 Å². The predicted molar refractivity (Wildman–Crippen MR) is 85.9 cm³/mol. The highest BCUT2D eigenvalue weighted by atomic mass is 32.1. The van der Waals surface area contributed by atoms with Gasteiger partial charge in [-0.1, -0.05) is 6.07 Å². The molecule has 0 spiro atoms. The van der Waals surface area contributed by atoms with E-state index in [-0.39, 0.29) is 11.9 Å². The zero-order valence-electron chi connectivity index (χ0n) is 12.4. The summed E-state index contributed by atoms with van der Waals surface area (Å²) in [5, 5.41) is 1.81. The quantitative estimate of drug-likeness (QED) is 0.821. The average Bonchev–Trinajstić information content (AvgIpc) is 3.15. The molecule has 0 radical (unpaired) electrons. The Morgan fingerprint density at radius 1 is 1.22 bits per heavy atom. The van der Waals surface area contributed by atoms with Gasteiger partial charge in [0.05, 0.1) is 4.88 Å². The molecule has 3 heterocycles. The second kappa shape index (κ2) is 7.19. The summed E-state index contributed by atoms with van der Waals surface area (Å²) in [6.45, 7) is 1.27. The fourth-order valence-electron chi connectivity index (χ4n) is 2.58. The molecule has 1 aliphatic heterocycles. The minimum absolute atomic E-state index is 0.281. The summed E-state index contributed by atoms with van der Waals surface area (Å²) in [5.74, 6) is 0.0481. The lowest BCUT2D eigenvalue weighted by atomic mass is 9.93. The van der Waals surface area contributed by atoms with Crippen LogP contribution in [0.4, 0.5) is 4.79 Å². The largest absolute Gasteiger partial charge is 0.336 e. The first-order valence-corrected chi connectivity index (χ1v) is 8.26. The van der Waals surface area contributed by atoms with Crippen LogP contribution in [0, 0.1) is 0 Å². The Morgan fingerprint density at radius 2 is 2.04 bits per heavy atom. The highest BCUT2D eigenvalue weighted by Gasteiger charge is 2.24. The smallest absolute Gasteiger partial charge is 0.323 e. The van der Waals surface area contributed by atoms with Gasteiger partial charge in [-0.2, -0.15) is 0 Å². The van der Waals surface area contributed by atoms with Gasteiger partial charge in [0.1, 0.15) is 6.33 Å². The van der Waals surface area contributed by atoms with Gasteiger partial charge in [-0.15, -0.1) is 11.3 Å². The van der Waals surface area contributed by atoms with E-state index in [1.807, 2.05) is 11.4 Å². The highest BCUT2D eigenvalue weighted by molar-refractivity contribution is 7.12. The third kappa shape index (κ3) is 3.84. The Balaban J connectivity index is 1.46. The standard InChI is InChI=1S/C15H17N5O2S/c21-14(13-2-1-9-23-13)18-19-15(22)20-7-4-11(5-8-20)12-3-6-16-10-17-12/h1-3,6,9-11H,4-5,7-8H2,(H,18,21)(H,19,22). The maximum absolute atomic E-state index is 12.1. The van der Waals surface area contributed by atoms with E-state index >= 15 is 0 Å². The molecule has 7 nitrogen and oxygen atoms in total. The molecule has 23 heavy (non-hydrogen) atoms. The Morgan fingerprint density at radius 3 is 2.70 bits per heavy atom. The number of aromatic nitrogens is 2. The van der Waals surface area contributed by atoms with Crippen LogP contribution in [0.1, 0.15) is 34.1 Å². The van der Waals surface area contributed by atoms with Crippen molar-refractivity contribution in [3.63, 3.8) is 0 Å². The number of piperidine rings is 1. The summed E-state index contributed by atoms with van der Waals surface area (Å²) in [5.41, 5.74) is 5.92. The van der Waals surface area contributed by atoms with Crippen molar-refractivity contribution >= 4 is 23.3 Å². The van der Waals surface area contributed by atoms with Crippen LogP contribution in [0.2, 0.25) is 0 Å². The number of nitrogens with zero attached hydrogens (tertiary/aromatic N) is 3. The Labute approximate surface area is 137 Å². The van der Waals surface area contributed by atoms with E-state index in [1.165, 1.54) is 11.3 Å². The molecule has 1 saturated heterocycles. The molecule has 0 aliphatic carbocycles. The molecule has 1 aliphatic rings. The zero-order valence-corrected chi connectivity index (χ0v) is 13.3. The summed E-state index contributed by atoms with van der Waals surface area (Å²) in [6, 6.07) is 5.14. The van der Waals surface area contributed by atoms with Gasteiger partial charge in [-0.3, -0.25) is 10.2 Å². The van der Waals surface area contributed by atoms with Crippen LogP contribution in [-0.2, 0) is 0 Å². The van der Waals surface area contributed by atoms with Gasteiger partial charge in [0.25, 0.3) is 5.91 Å².